The number of hydrogen-bond donors (Lipinski definition) is 0. The van der Waals surface area contributed by atoms with E-state index in [-0.39, 0.29) is 11.2 Å². The summed E-state index contributed by atoms with van der Waals surface area (Å²) in [6.07, 6.45) is 2.44. The van der Waals surface area contributed by atoms with E-state index < -0.39 is 5.97 Å². The Labute approximate surface area is 65.7 Å². The topological polar surface area (TPSA) is 43.4 Å². The van der Waals surface area contributed by atoms with Crippen LogP contribution >= 0.6 is 0 Å². The first-order chi connectivity index (χ1) is 5.16. The largest absolute Gasteiger partial charge is 0.463 e. The van der Waals surface area contributed by atoms with Crippen molar-refractivity contribution in [2.45, 2.75) is 26.2 Å². The second-order valence-corrected chi connectivity index (χ2v) is 2.95. The van der Waals surface area contributed by atoms with E-state index >= 15 is 0 Å². The summed E-state index contributed by atoms with van der Waals surface area (Å²) in [5.41, 5.74) is -0.340. The van der Waals surface area contributed by atoms with Crippen LogP contribution in [-0.4, -0.2) is 18.9 Å². The molecular weight excluding hydrogens is 144 g/mol. The predicted molar refractivity (Wildman–Crippen MR) is 39.0 cm³/mol. The fraction of sp³-hybridized carbons (Fsp3) is 0.750. The second-order valence-electron chi connectivity index (χ2n) is 2.95. The number of hydrogen-bond acceptors (Lipinski definition) is 3. The van der Waals surface area contributed by atoms with Crippen molar-refractivity contribution in [1.82, 2.24) is 0 Å². The highest BCUT2D eigenvalue weighted by Crippen LogP contribution is 2.49. The minimum atomic E-state index is -0.690. The first kappa shape index (κ1) is 8.24. The van der Waals surface area contributed by atoms with Gasteiger partial charge in [-0.05, 0) is 19.3 Å². The molecule has 1 fully saturated rings. The average Bonchev–Trinajstić information content (AvgIpc) is 2.82. The summed E-state index contributed by atoms with van der Waals surface area (Å²) in [5, 5.41) is 0. The van der Waals surface area contributed by atoms with Crippen LogP contribution in [0.2, 0.25) is 0 Å². The van der Waals surface area contributed by atoms with Crippen LogP contribution in [0.3, 0.4) is 0 Å². The maximum absolute atomic E-state index is 11.2. The van der Waals surface area contributed by atoms with E-state index in [0.29, 0.717) is 0 Å². The molecule has 3 heteroatoms. The Morgan fingerprint density at radius 1 is 1.45 bits per heavy atom. The van der Waals surface area contributed by atoms with Crippen molar-refractivity contribution < 1.29 is 14.3 Å². The minimum absolute atomic E-state index is 0.340. The van der Waals surface area contributed by atoms with Crippen LogP contribution in [0.1, 0.15) is 26.2 Å². The van der Waals surface area contributed by atoms with Gasteiger partial charge in [0, 0.05) is 5.41 Å². The molecule has 1 aliphatic rings. The van der Waals surface area contributed by atoms with E-state index in [1.54, 1.807) is 0 Å². The van der Waals surface area contributed by atoms with Gasteiger partial charge in [0.1, 0.15) is 0 Å². The van der Waals surface area contributed by atoms with Gasteiger partial charge in [-0.1, -0.05) is 6.92 Å². The molecule has 1 aliphatic carbocycles. The summed E-state index contributed by atoms with van der Waals surface area (Å²) < 4.78 is 4.35. The van der Waals surface area contributed by atoms with Crippen LogP contribution in [0.5, 0.6) is 0 Å². The third kappa shape index (κ3) is 1.27. The summed E-state index contributed by atoms with van der Waals surface area (Å²) in [4.78, 5) is 22.0. The molecule has 0 aromatic rings. The lowest BCUT2D eigenvalue weighted by atomic mass is 9.98. The monoisotopic (exact) mass is 156 g/mol. The van der Waals surface area contributed by atoms with Crippen molar-refractivity contribution in [3.8, 4) is 0 Å². The van der Waals surface area contributed by atoms with Gasteiger partial charge in [-0.15, -0.1) is 0 Å². The van der Waals surface area contributed by atoms with Gasteiger partial charge in [-0.25, -0.2) is 4.79 Å². The van der Waals surface area contributed by atoms with Gasteiger partial charge in [0.05, 0.1) is 7.11 Å². The average molecular weight is 156 g/mol. The number of ketones is 1. The third-order valence-electron chi connectivity index (χ3n) is 2.38. The van der Waals surface area contributed by atoms with Crippen molar-refractivity contribution in [2.24, 2.45) is 5.41 Å². The molecule has 0 aromatic carbocycles. The lowest BCUT2D eigenvalue weighted by Gasteiger charge is -2.07. The van der Waals surface area contributed by atoms with Crippen LogP contribution in [0, 0.1) is 5.41 Å². The summed E-state index contributed by atoms with van der Waals surface area (Å²) in [6.45, 7) is 1.92. The van der Waals surface area contributed by atoms with E-state index in [2.05, 4.69) is 4.74 Å². The normalized spacial score (nSPS) is 19.1. The lowest BCUT2D eigenvalue weighted by molar-refractivity contribution is -0.154. The molecule has 0 amide bonds. The Morgan fingerprint density at radius 2 is 2.00 bits per heavy atom. The van der Waals surface area contributed by atoms with Gasteiger partial charge in [0.15, 0.2) is 0 Å². The highest BCUT2D eigenvalue weighted by molar-refractivity contribution is 6.36. The van der Waals surface area contributed by atoms with Gasteiger partial charge >= 0.3 is 5.97 Å². The Balaban J connectivity index is 2.61. The second kappa shape index (κ2) is 2.64. The number of methoxy groups -OCH3 is 1. The SMILES string of the molecule is CCC1(C(=O)C(=O)OC)CC1. The van der Waals surface area contributed by atoms with E-state index in [1.165, 1.54) is 7.11 Å². The number of rotatable bonds is 3. The zero-order valence-corrected chi connectivity index (χ0v) is 6.85. The van der Waals surface area contributed by atoms with Gasteiger partial charge in [-0.3, -0.25) is 4.79 Å². The highest BCUT2D eigenvalue weighted by Gasteiger charge is 2.51. The fourth-order valence-corrected chi connectivity index (χ4v) is 1.20. The summed E-state index contributed by atoms with van der Waals surface area (Å²) >= 11 is 0. The first-order valence-electron chi connectivity index (χ1n) is 3.79. The fourth-order valence-electron chi connectivity index (χ4n) is 1.20. The molecule has 0 heterocycles. The Kier molecular flexibility index (Phi) is 1.98. The van der Waals surface area contributed by atoms with Crippen molar-refractivity contribution >= 4 is 11.8 Å². The van der Waals surface area contributed by atoms with Crippen molar-refractivity contribution in [3.05, 3.63) is 0 Å². The zero-order chi connectivity index (χ0) is 8.48. The molecule has 0 radical (unpaired) electrons. The molecule has 3 nitrogen and oxygen atoms in total. The first-order valence-corrected chi connectivity index (χ1v) is 3.79. The smallest absolute Gasteiger partial charge is 0.374 e. The molecule has 0 aliphatic heterocycles. The van der Waals surface area contributed by atoms with Crippen molar-refractivity contribution in [2.75, 3.05) is 7.11 Å². The zero-order valence-electron chi connectivity index (χ0n) is 6.85. The maximum atomic E-state index is 11.2. The molecule has 0 N–H and O–H groups in total. The number of esters is 1. The molecule has 1 saturated carbocycles. The van der Waals surface area contributed by atoms with Crippen LogP contribution in [0.25, 0.3) is 0 Å². The molecule has 0 atom stereocenters. The van der Waals surface area contributed by atoms with E-state index in [4.69, 9.17) is 0 Å². The number of ether oxygens (including phenoxy) is 1. The Bertz CT molecular complexity index is 192. The predicted octanol–water partition coefficient (Wildman–Crippen LogP) is 0.919. The van der Waals surface area contributed by atoms with E-state index in [1.807, 2.05) is 6.92 Å². The molecular formula is C8H12O3. The third-order valence-corrected chi connectivity index (χ3v) is 2.38. The van der Waals surface area contributed by atoms with Crippen LogP contribution in [0.4, 0.5) is 0 Å². The number of carbonyl (C=O) groups excluding carboxylic acids is 2. The Hall–Kier alpha value is -0.860. The molecule has 0 saturated heterocycles. The molecule has 11 heavy (non-hydrogen) atoms. The standard InChI is InChI=1S/C8H12O3/c1-3-8(4-5-8)6(9)7(10)11-2/h3-5H2,1-2H3. The van der Waals surface area contributed by atoms with Crippen molar-refractivity contribution in [3.63, 3.8) is 0 Å². The molecule has 0 aromatic heterocycles. The summed E-state index contributed by atoms with van der Waals surface area (Å²) in [7, 11) is 1.24. The quantitative estimate of drug-likeness (QED) is 0.450. The van der Waals surface area contributed by atoms with Crippen molar-refractivity contribution in [1.29, 1.82) is 0 Å². The summed E-state index contributed by atoms with van der Waals surface area (Å²) in [5.74, 6) is -1.04. The molecule has 0 unspecified atom stereocenters. The Morgan fingerprint density at radius 3 is 2.27 bits per heavy atom. The number of Topliss-reactive ketones (excluding diaryl/α,β-unsaturated/α-hetero) is 1. The lowest BCUT2D eigenvalue weighted by Crippen LogP contribution is -2.25. The van der Waals surface area contributed by atoms with Gasteiger partial charge < -0.3 is 4.74 Å². The van der Waals surface area contributed by atoms with Crippen LogP contribution in [-0.2, 0) is 14.3 Å². The number of carbonyl (C=O) groups is 2. The van der Waals surface area contributed by atoms with Gasteiger partial charge in [0.25, 0.3) is 0 Å². The van der Waals surface area contributed by atoms with E-state index in [0.717, 1.165) is 19.3 Å². The van der Waals surface area contributed by atoms with Crippen LogP contribution in [0.15, 0.2) is 0 Å². The molecule has 0 bridgehead atoms. The maximum Gasteiger partial charge on any atom is 0.374 e. The van der Waals surface area contributed by atoms with Crippen LogP contribution < -0.4 is 0 Å². The van der Waals surface area contributed by atoms with E-state index in [9.17, 15) is 9.59 Å². The summed E-state index contributed by atoms with van der Waals surface area (Å²) in [6, 6.07) is 0. The molecule has 62 valence electrons. The molecule has 1 rings (SSSR count). The highest BCUT2D eigenvalue weighted by atomic mass is 16.5. The molecule has 0 spiro atoms. The minimum Gasteiger partial charge on any atom is -0.463 e. The van der Waals surface area contributed by atoms with Gasteiger partial charge in [0.2, 0.25) is 5.78 Å². The van der Waals surface area contributed by atoms with Gasteiger partial charge in [-0.2, -0.15) is 0 Å².